The summed E-state index contributed by atoms with van der Waals surface area (Å²) in [6.45, 7) is 9.85. The third-order valence-electron chi connectivity index (χ3n) is 4.02. The van der Waals surface area contributed by atoms with Crippen molar-refractivity contribution in [2.45, 2.75) is 45.6 Å². The van der Waals surface area contributed by atoms with Crippen LogP contribution in [0.1, 0.15) is 39.5 Å². The van der Waals surface area contributed by atoms with Gasteiger partial charge in [0.15, 0.2) is 0 Å². The summed E-state index contributed by atoms with van der Waals surface area (Å²) in [5, 5.41) is 3.55. The van der Waals surface area contributed by atoms with Crippen molar-refractivity contribution in [3.05, 3.63) is 0 Å². The van der Waals surface area contributed by atoms with Crippen LogP contribution < -0.4 is 5.32 Å². The molecule has 2 atom stereocenters. The number of hydrogen-bond donors (Lipinski definition) is 1. The Morgan fingerprint density at radius 2 is 2.20 bits per heavy atom. The van der Waals surface area contributed by atoms with Crippen LogP contribution in [-0.2, 0) is 0 Å². The van der Waals surface area contributed by atoms with Crippen molar-refractivity contribution in [3.63, 3.8) is 0 Å². The first-order valence-corrected chi connectivity index (χ1v) is 6.72. The summed E-state index contributed by atoms with van der Waals surface area (Å²) in [7, 11) is 0. The van der Waals surface area contributed by atoms with Gasteiger partial charge in [-0.25, -0.2) is 0 Å². The first kappa shape index (κ1) is 11.4. The predicted molar refractivity (Wildman–Crippen MR) is 65.0 cm³/mol. The fraction of sp³-hybridized carbons (Fsp3) is 1.00. The summed E-state index contributed by atoms with van der Waals surface area (Å²) >= 11 is 0. The van der Waals surface area contributed by atoms with Gasteiger partial charge in [0, 0.05) is 12.6 Å². The molecule has 0 saturated carbocycles. The predicted octanol–water partition coefficient (Wildman–Crippen LogP) is 2.11. The Labute approximate surface area is 94.4 Å². The van der Waals surface area contributed by atoms with Gasteiger partial charge in [-0.2, -0.15) is 0 Å². The Kier molecular flexibility index (Phi) is 4.04. The molecule has 0 amide bonds. The first-order chi connectivity index (χ1) is 7.27. The van der Waals surface area contributed by atoms with E-state index in [1.54, 1.807) is 0 Å². The van der Waals surface area contributed by atoms with Crippen molar-refractivity contribution >= 4 is 0 Å². The summed E-state index contributed by atoms with van der Waals surface area (Å²) in [5.41, 5.74) is 0. The fourth-order valence-electron chi connectivity index (χ4n) is 3.14. The zero-order valence-corrected chi connectivity index (χ0v) is 10.3. The van der Waals surface area contributed by atoms with Crippen LogP contribution in [0.3, 0.4) is 0 Å². The van der Waals surface area contributed by atoms with Gasteiger partial charge in [0.1, 0.15) is 0 Å². The second-order valence-electron chi connectivity index (χ2n) is 5.70. The average molecular weight is 210 g/mol. The van der Waals surface area contributed by atoms with Gasteiger partial charge >= 0.3 is 0 Å². The molecule has 2 heteroatoms. The van der Waals surface area contributed by atoms with Gasteiger partial charge in [0.05, 0.1) is 0 Å². The zero-order valence-electron chi connectivity index (χ0n) is 10.3. The highest BCUT2D eigenvalue weighted by Crippen LogP contribution is 2.26. The fourth-order valence-corrected chi connectivity index (χ4v) is 3.14. The Balaban J connectivity index is 1.75. The van der Waals surface area contributed by atoms with E-state index < -0.39 is 0 Å². The van der Waals surface area contributed by atoms with Gasteiger partial charge in [-0.05, 0) is 57.2 Å². The molecule has 1 N–H and O–H groups in total. The molecule has 0 aromatic heterocycles. The molecule has 2 heterocycles. The molecule has 2 nitrogen and oxygen atoms in total. The van der Waals surface area contributed by atoms with Crippen LogP contribution in [0.2, 0.25) is 0 Å². The molecule has 0 spiro atoms. The van der Waals surface area contributed by atoms with Crippen molar-refractivity contribution in [3.8, 4) is 0 Å². The van der Waals surface area contributed by atoms with Gasteiger partial charge in [-0.3, -0.25) is 4.90 Å². The average Bonchev–Trinajstić information content (AvgIpc) is 2.65. The number of nitrogens with one attached hydrogen (secondary N) is 1. The monoisotopic (exact) mass is 210 g/mol. The highest BCUT2D eigenvalue weighted by atomic mass is 15.2. The molecule has 15 heavy (non-hydrogen) atoms. The number of likely N-dealkylation sites (tertiary alicyclic amines) is 1. The SMILES string of the molecule is CC(C)CCCN1CCCC2CNCC21. The standard InChI is InChI=1S/C13H26N2/c1-11(2)5-3-7-15-8-4-6-12-9-14-10-13(12)15/h11-14H,3-10H2,1-2H3. The molecule has 2 aliphatic heterocycles. The summed E-state index contributed by atoms with van der Waals surface area (Å²) in [4.78, 5) is 2.75. The van der Waals surface area contributed by atoms with E-state index in [2.05, 4.69) is 24.1 Å². The first-order valence-electron chi connectivity index (χ1n) is 6.72. The molecule has 2 fully saturated rings. The second kappa shape index (κ2) is 5.31. The van der Waals surface area contributed by atoms with Gasteiger partial charge in [0.2, 0.25) is 0 Å². The van der Waals surface area contributed by atoms with Crippen LogP contribution in [0.15, 0.2) is 0 Å². The Morgan fingerprint density at radius 1 is 1.33 bits per heavy atom. The van der Waals surface area contributed by atoms with E-state index in [-0.39, 0.29) is 0 Å². The van der Waals surface area contributed by atoms with Crippen molar-refractivity contribution in [1.82, 2.24) is 10.2 Å². The molecule has 2 aliphatic rings. The molecular weight excluding hydrogens is 184 g/mol. The van der Waals surface area contributed by atoms with Crippen LogP contribution >= 0.6 is 0 Å². The lowest BCUT2D eigenvalue weighted by Gasteiger charge is -2.37. The quantitative estimate of drug-likeness (QED) is 0.764. The van der Waals surface area contributed by atoms with E-state index in [4.69, 9.17) is 0 Å². The van der Waals surface area contributed by atoms with Crippen LogP contribution in [0.4, 0.5) is 0 Å². The number of fused-ring (bicyclic) bond motifs is 1. The summed E-state index contributed by atoms with van der Waals surface area (Å²) in [5.74, 6) is 1.82. The minimum atomic E-state index is 0.867. The van der Waals surface area contributed by atoms with Gasteiger partial charge in [0.25, 0.3) is 0 Å². The normalized spacial score (nSPS) is 32.2. The summed E-state index contributed by atoms with van der Waals surface area (Å²) in [6, 6.07) is 0.867. The Bertz CT molecular complexity index is 191. The van der Waals surface area contributed by atoms with E-state index in [1.165, 1.54) is 51.9 Å². The number of hydrogen-bond acceptors (Lipinski definition) is 2. The molecule has 0 aliphatic carbocycles. The summed E-state index contributed by atoms with van der Waals surface area (Å²) < 4.78 is 0. The van der Waals surface area contributed by atoms with Crippen LogP contribution in [-0.4, -0.2) is 37.1 Å². The largest absolute Gasteiger partial charge is 0.315 e. The van der Waals surface area contributed by atoms with Crippen LogP contribution in [0.25, 0.3) is 0 Å². The van der Waals surface area contributed by atoms with Gasteiger partial charge in [-0.1, -0.05) is 13.8 Å². The van der Waals surface area contributed by atoms with Crippen molar-refractivity contribution in [2.24, 2.45) is 11.8 Å². The van der Waals surface area contributed by atoms with Crippen molar-refractivity contribution < 1.29 is 0 Å². The zero-order chi connectivity index (χ0) is 10.7. The highest BCUT2D eigenvalue weighted by molar-refractivity contribution is 4.91. The molecular formula is C13H26N2. The lowest BCUT2D eigenvalue weighted by atomic mass is 9.91. The minimum Gasteiger partial charge on any atom is -0.315 e. The van der Waals surface area contributed by atoms with E-state index in [1.807, 2.05) is 0 Å². The maximum atomic E-state index is 3.55. The molecule has 2 unspecified atom stereocenters. The molecule has 88 valence electrons. The highest BCUT2D eigenvalue weighted by Gasteiger charge is 2.34. The van der Waals surface area contributed by atoms with Crippen LogP contribution in [0, 0.1) is 11.8 Å². The number of rotatable bonds is 4. The molecule has 0 aromatic carbocycles. The molecule has 0 radical (unpaired) electrons. The molecule has 0 bridgehead atoms. The van der Waals surface area contributed by atoms with E-state index in [0.717, 1.165) is 17.9 Å². The maximum Gasteiger partial charge on any atom is 0.0260 e. The lowest BCUT2D eigenvalue weighted by Crippen LogP contribution is -2.45. The lowest BCUT2D eigenvalue weighted by molar-refractivity contribution is 0.121. The Hall–Kier alpha value is -0.0800. The summed E-state index contributed by atoms with van der Waals surface area (Å²) in [6.07, 6.45) is 5.66. The maximum absolute atomic E-state index is 3.55. The Morgan fingerprint density at radius 3 is 3.00 bits per heavy atom. The molecule has 0 aromatic rings. The van der Waals surface area contributed by atoms with Crippen molar-refractivity contribution in [1.29, 1.82) is 0 Å². The second-order valence-corrected chi connectivity index (χ2v) is 5.70. The third kappa shape index (κ3) is 2.94. The topological polar surface area (TPSA) is 15.3 Å². The van der Waals surface area contributed by atoms with E-state index >= 15 is 0 Å². The third-order valence-corrected chi connectivity index (χ3v) is 4.02. The number of piperidine rings is 1. The van der Waals surface area contributed by atoms with Crippen LogP contribution in [0.5, 0.6) is 0 Å². The van der Waals surface area contributed by atoms with Gasteiger partial charge < -0.3 is 5.32 Å². The van der Waals surface area contributed by atoms with E-state index in [9.17, 15) is 0 Å². The molecule has 2 rings (SSSR count). The van der Waals surface area contributed by atoms with Crippen molar-refractivity contribution in [2.75, 3.05) is 26.2 Å². The minimum absolute atomic E-state index is 0.867. The smallest absolute Gasteiger partial charge is 0.0260 e. The van der Waals surface area contributed by atoms with Gasteiger partial charge in [-0.15, -0.1) is 0 Å². The molecule has 2 saturated heterocycles. The van der Waals surface area contributed by atoms with E-state index in [0.29, 0.717) is 0 Å². The number of nitrogens with zero attached hydrogens (tertiary/aromatic N) is 1.